The van der Waals surface area contributed by atoms with E-state index in [1.54, 1.807) is 0 Å². The summed E-state index contributed by atoms with van der Waals surface area (Å²) in [7, 11) is -3.13. The van der Waals surface area contributed by atoms with Crippen LogP contribution in [-0.4, -0.2) is 37.2 Å². The van der Waals surface area contributed by atoms with E-state index in [2.05, 4.69) is 5.32 Å². The summed E-state index contributed by atoms with van der Waals surface area (Å²) in [6, 6.07) is 17.4. The lowest BCUT2D eigenvalue weighted by Crippen LogP contribution is -2.31. The zero-order chi connectivity index (χ0) is 14.9. The predicted octanol–water partition coefficient (Wildman–Crippen LogP) is 1.92. The molecule has 1 aliphatic heterocycles. The van der Waals surface area contributed by atoms with Gasteiger partial charge in [0, 0.05) is 5.69 Å². The molecule has 4 nitrogen and oxygen atoms in total. The first-order valence-electron chi connectivity index (χ1n) is 6.84. The first-order valence-corrected chi connectivity index (χ1v) is 8.66. The van der Waals surface area contributed by atoms with Crippen LogP contribution in [0.4, 0.5) is 5.69 Å². The molecule has 0 spiro atoms. The molecule has 1 aliphatic rings. The predicted molar refractivity (Wildman–Crippen MR) is 83.9 cm³/mol. The molecule has 0 aromatic heterocycles. The molecule has 5 heteroatoms. The summed E-state index contributed by atoms with van der Waals surface area (Å²) in [6.45, 7) is 0. The number of anilines is 1. The molecular formula is C16H17NO3S. The van der Waals surface area contributed by atoms with Crippen LogP contribution in [-0.2, 0) is 9.84 Å². The highest BCUT2D eigenvalue weighted by atomic mass is 32.2. The molecule has 2 unspecified atom stereocenters. The van der Waals surface area contributed by atoms with Crippen LogP contribution in [0.25, 0.3) is 11.1 Å². The average molecular weight is 303 g/mol. The Morgan fingerprint density at radius 1 is 0.905 bits per heavy atom. The maximum atomic E-state index is 11.5. The van der Waals surface area contributed by atoms with Gasteiger partial charge in [0.15, 0.2) is 9.84 Å². The summed E-state index contributed by atoms with van der Waals surface area (Å²) in [6.07, 6.45) is -0.844. The lowest BCUT2D eigenvalue weighted by molar-refractivity contribution is 0.190. The highest BCUT2D eigenvalue weighted by molar-refractivity contribution is 7.91. The van der Waals surface area contributed by atoms with E-state index in [0.717, 1.165) is 16.8 Å². The average Bonchev–Trinajstić information content (AvgIpc) is 2.73. The van der Waals surface area contributed by atoms with Gasteiger partial charge in [0.1, 0.15) is 0 Å². The second kappa shape index (κ2) is 5.50. The third-order valence-corrected chi connectivity index (χ3v) is 5.38. The second-order valence-corrected chi connectivity index (χ2v) is 7.49. The monoisotopic (exact) mass is 303 g/mol. The molecule has 2 aromatic carbocycles. The van der Waals surface area contributed by atoms with Gasteiger partial charge in [-0.3, -0.25) is 0 Å². The molecule has 0 aliphatic carbocycles. The fourth-order valence-electron chi connectivity index (χ4n) is 2.57. The van der Waals surface area contributed by atoms with Crippen molar-refractivity contribution in [2.24, 2.45) is 0 Å². The lowest BCUT2D eigenvalue weighted by atomic mass is 10.1. The van der Waals surface area contributed by atoms with Crippen molar-refractivity contribution in [1.29, 1.82) is 0 Å². The van der Waals surface area contributed by atoms with E-state index in [9.17, 15) is 13.5 Å². The van der Waals surface area contributed by atoms with Crippen LogP contribution in [0.2, 0.25) is 0 Å². The van der Waals surface area contributed by atoms with Crippen LogP contribution < -0.4 is 5.32 Å². The first kappa shape index (κ1) is 14.1. The maximum absolute atomic E-state index is 11.5. The van der Waals surface area contributed by atoms with Gasteiger partial charge in [0.2, 0.25) is 0 Å². The van der Waals surface area contributed by atoms with Gasteiger partial charge in [0.25, 0.3) is 0 Å². The van der Waals surface area contributed by atoms with E-state index in [0.29, 0.717) is 0 Å². The Hall–Kier alpha value is -1.85. The SMILES string of the molecule is O=S1(=O)CC(O)C(Nc2ccc(-c3ccccc3)cc2)C1. The van der Waals surface area contributed by atoms with E-state index < -0.39 is 22.0 Å². The zero-order valence-corrected chi connectivity index (χ0v) is 12.3. The molecule has 2 N–H and O–H groups in total. The minimum absolute atomic E-state index is 0.0192. The van der Waals surface area contributed by atoms with Gasteiger partial charge in [-0.15, -0.1) is 0 Å². The van der Waals surface area contributed by atoms with Crippen LogP contribution in [0.5, 0.6) is 0 Å². The Kier molecular flexibility index (Phi) is 3.69. The summed E-state index contributed by atoms with van der Waals surface area (Å²) in [5.74, 6) is -0.179. The molecule has 2 atom stereocenters. The summed E-state index contributed by atoms with van der Waals surface area (Å²) in [5, 5.41) is 12.9. The van der Waals surface area contributed by atoms with Gasteiger partial charge in [-0.1, -0.05) is 42.5 Å². The summed E-state index contributed by atoms with van der Waals surface area (Å²) in [4.78, 5) is 0. The minimum Gasteiger partial charge on any atom is -0.390 e. The standard InChI is InChI=1S/C16H17NO3S/c18-16-11-21(19,20)10-15(16)17-14-8-6-13(7-9-14)12-4-2-1-3-5-12/h1-9,15-18H,10-11H2. The third-order valence-electron chi connectivity index (χ3n) is 3.67. The van der Waals surface area contributed by atoms with E-state index in [4.69, 9.17) is 0 Å². The zero-order valence-electron chi connectivity index (χ0n) is 11.4. The smallest absolute Gasteiger partial charge is 0.155 e. The number of aliphatic hydroxyl groups excluding tert-OH is 1. The van der Waals surface area contributed by atoms with Gasteiger partial charge in [-0.2, -0.15) is 0 Å². The molecule has 0 saturated carbocycles. The molecule has 3 rings (SSSR count). The third kappa shape index (κ3) is 3.25. The summed E-state index contributed by atoms with van der Waals surface area (Å²) >= 11 is 0. The Bertz CT molecular complexity index is 711. The minimum atomic E-state index is -3.13. The van der Waals surface area contributed by atoms with Crippen LogP contribution in [0, 0.1) is 0 Å². The van der Waals surface area contributed by atoms with Gasteiger partial charge in [0.05, 0.1) is 23.7 Å². The summed E-state index contributed by atoms with van der Waals surface area (Å²) < 4.78 is 23.0. The number of sulfone groups is 1. The molecule has 0 bridgehead atoms. The highest BCUT2D eigenvalue weighted by Crippen LogP contribution is 2.23. The van der Waals surface area contributed by atoms with E-state index >= 15 is 0 Å². The van der Waals surface area contributed by atoms with Crippen LogP contribution in [0.3, 0.4) is 0 Å². The first-order chi connectivity index (χ1) is 10.0. The topological polar surface area (TPSA) is 66.4 Å². The van der Waals surface area contributed by atoms with Gasteiger partial charge in [-0.25, -0.2) is 8.42 Å². The number of hydrogen-bond acceptors (Lipinski definition) is 4. The Morgan fingerprint density at radius 3 is 2.10 bits per heavy atom. The molecule has 0 amide bonds. The molecule has 0 radical (unpaired) electrons. The number of hydrogen-bond donors (Lipinski definition) is 2. The van der Waals surface area contributed by atoms with Crippen molar-refractivity contribution in [3.05, 3.63) is 54.6 Å². The molecule has 1 heterocycles. The van der Waals surface area contributed by atoms with Crippen molar-refractivity contribution in [3.63, 3.8) is 0 Å². The van der Waals surface area contributed by atoms with Crippen molar-refractivity contribution >= 4 is 15.5 Å². The second-order valence-electron chi connectivity index (χ2n) is 5.34. The number of nitrogens with one attached hydrogen (secondary N) is 1. The fraction of sp³-hybridized carbons (Fsp3) is 0.250. The van der Waals surface area contributed by atoms with Crippen molar-refractivity contribution in [3.8, 4) is 11.1 Å². The fourth-order valence-corrected chi connectivity index (χ4v) is 4.31. The number of aliphatic hydroxyl groups is 1. The molecular weight excluding hydrogens is 286 g/mol. The van der Waals surface area contributed by atoms with Crippen molar-refractivity contribution in [2.75, 3.05) is 16.8 Å². The molecule has 110 valence electrons. The largest absolute Gasteiger partial charge is 0.390 e. The van der Waals surface area contributed by atoms with Crippen LogP contribution >= 0.6 is 0 Å². The molecule has 1 fully saturated rings. The summed E-state index contributed by atoms with van der Waals surface area (Å²) in [5.41, 5.74) is 3.05. The van der Waals surface area contributed by atoms with E-state index in [1.807, 2.05) is 54.6 Å². The van der Waals surface area contributed by atoms with Gasteiger partial charge >= 0.3 is 0 Å². The Labute approximate surface area is 124 Å². The number of benzene rings is 2. The highest BCUT2D eigenvalue weighted by Gasteiger charge is 2.36. The Balaban J connectivity index is 1.74. The maximum Gasteiger partial charge on any atom is 0.155 e. The van der Waals surface area contributed by atoms with Crippen LogP contribution in [0.1, 0.15) is 0 Å². The van der Waals surface area contributed by atoms with E-state index in [-0.39, 0.29) is 11.5 Å². The lowest BCUT2D eigenvalue weighted by Gasteiger charge is -2.16. The normalized spacial score (nSPS) is 23.9. The van der Waals surface area contributed by atoms with Crippen molar-refractivity contribution in [1.82, 2.24) is 0 Å². The molecule has 1 saturated heterocycles. The van der Waals surface area contributed by atoms with Crippen LogP contribution in [0.15, 0.2) is 54.6 Å². The van der Waals surface area contributed by atoms with Crippen molar-refractivity contribution in [2.45, 2.75) is 12.1 Å². The van der Waals surface area contributed by atoms with E-state index in [1.165, 1.54) is 0 Å². The number of rotatable bonds is 3. The Morgan fingerprint density at radius 2 is 1.52 bits per heavy atom. The van der Waals surface area contributed by atoms with Gasteiger partial charge < -0.3 is 10.4 Å². The molecule has 2 aromatic rings. The van der Waals surface area contributed by atoms with Crippen molar-refractivity contribution < 1.29 is 13.5 Å². The quantitative estimate of drug-likeness (QED) is 0.909. The van der Waals surface area contributed by atoms with Gasteiger partial charge in [-0.05, 0) is 23.3 Å². The molecule has 21 heavy (non-hydrogen) atoms.